The molecule has 90 valence electrons. The third-order valence-corrected chi connectivity index (χ3v) is 5.52. The van der Waals surface area contributed by atoms with Crippen LogP contribution in [0.4, 0.5) is 0 Å². The van der Waals surface area contributed by atoms with Crippen LogP contribution in [0.15, 0.2) is 26.1 Å². The molecule has 0 N–H and O–H groups in total. The van der Waals surface area contributed by atoms with Gasteiger partial charge in [-0.1, -0.05) is 11.8 Å². The predicted octanol–water partition coefficient (Wildman–Crippen LogP) is 3.41. The highest BCUT2D eigenvalue weighted by molar-refractivity contribution is 9.11. The van der Waals surface area contributed by atoms with Gasteiger partial charge >= 0.3 is 0 Å². The molecule has 1 saturated heterocycles. The van der Waals surface area contributed by atoms with E-state index in [0.717, 1.165) is 33.5 Å². The highest BCUT2D eigenvalue weighted by Gasteiger charge is 2.21. The van der Waals surface area contributed by atoms with Crippen LogP contribution < -0.4 is 0 Å². The number of rotatable bonds is 1. The summed E-state index contributed by atoms with van der Waals surface area (Å²) in [5.41, 5.74) is 1.09. The highest BCUT2D eigenvalue weighted by atomic mass is 79.9. The molecule has 0 amide bonds. The summed E-state index contributed by atoms with van der Waals surface area (Å²) in [5, 5.41) is 9.83. The molecule has 2 aliphatic heterocycles. The van der Waals surface area contributed by atoms with Crippen molar-refractivity contribution in [3.05, 3.63) is 20.8 Å². The van der Waals surface area contributed by atoms with E-state index in [1.165, 1.54) is 17.7 Å². The van der Waals surface area contributed by atoms with Crippen LogP contribution in [0.2, 0.25) is 0 Å². The minimum absolute atomic E-state index is 0.933. The Labute approximate surface area is 117 Å². The lowest BCUT2D eigenvalue weighted by molar-refractivity contribution is 0.528. The first-order valence-corrected chi connectivity index (χ1v) is 8.20. The van der Waals surface area contributed by atoms with E-state index in [0.29, 0.717) is 0 Å². The molecule has 0 unspecified atom stereocenters. The van der Waals surface area contributed by atoms with Crippen molar-refractivity contribution in [3.8, 4) is 0 Å². The van der Waals surface area contributed by atoms with Gasteiger partial charge in [0.15, 0.2) is 5.17 Å². The predicted molar refractivity (Wildman–Crippen MR) is 79.3 cm³/mol. The second-order valence-corrected chi connectivity index (χ2v) is 7.42. The molecule has 0 radical (unpaired) electrons. The van der Waals surface area contributed by atoms with E-state index in [4.69, 9.17) is 0 Å². The molecule has 6 heteroatoms. The fourth-order valence-electron chi connectivity index (χ4n) is 1.95. The summed E-state index contributed by atoms with van der Waals surface area (Å²) in [6.07, 6.45) is 2.57. The molecule has 0 bridgehead atoms. The summed E-state index contributed by atoms with van der Waals surface area (Å²) in [4.78, 5) is 3.56. The van der Waals surface area contributed by atoms with Gasteiger partial charge in [0.2, 0.25) is 0 Å². The molecule has 2 aliphatic rings. The highest BCUT2D eigenvalue weighted by Crippen LogP contribution is 2.27. The Hall–Kier alpha value is -0.330. The molecular weight excluding hydrogens is 318 g/mol. The summed E-state index contributed by atoms with van der Waals surface area (Å²) < 4.78 is 1.15. The topological polar surface area (TPSA) is 28.0 Å². The van der Waals surface area contributed by atoms with Gasteiger partial charge in [0, 0.05) is 18.8 Å². The minimum Gasteiger partial charge on any atom is -0.350 e. The zero-order valence-electron chi connectivity index (χ0n) is 9.23. The Morgan fingerprint density at radius 2 is 2.00 bits per heavy atom. The summed E-state index contributed by atoms with van der Waals surface area (Å²) in [7, 11) is 0. The maximum atomic E-state index is 4.37. The number of hydrogen-bond acceptors (Lipinski definition) is 5. The molecule has 0 aliphatic carbocycles. The van der Waals surface area contributed by atoms with Crippen LogP contribution in [0.5, 0.6) is 0 Å². The molecule has 0 spiro atoms. The van der Waals surface area contributed by atoms with Gasteiger partial charge in [-0.3, -0.25) is 0 Å². The van der Waals surface area contributed by atoms with Crippen LogP contribution in [0.1, 0.15) is 17.7 Å². The molecule has 0 aromatic carbocycles. The summed E-state index contributed by atoms with van der Waals surface area (Å²) >= 11 is 7.00. The Morgan fingerprint density at radius 1 is 1.18 bits per heavy atom. The number of hydrogen-bond donors (Lipinski definition) is 0. The largest absolute Gasteiger partial charge is 0.350 e. The van der Waals surface area contributed by atoms with Crippen molar-refractivity contribution < 1.29 is 0 Å². The van der Waals surface area contributed by atoms with Gasteiger partial charge in [-0.2, -0.15) is 5.10 Å². The average Bonchev–Trinajstić information content (AvgIpc) is 3.00. The molecule has 1 fully saturated rings. The second kappa shape index (κ2) is 5.12. The standard InChI is InChI=1S/C11H12BrN3S2/c12-10-4-3-9(17-10)8-7-16-11(14-13-8)15-5-1-2-6-15/h3-4H,1-2,5-7H2. The van der Waals surface area contributed by atoms with Crippen molar-refractivity contribution in [1.82, 2.24) is 4.90 Å². The number of thioether (sulfide) groups is 1. The van der Waals surface area contributed by atoms with Gasteiger partial charge in [0.1, 0.15) is 0 Å². The van der Waals surface area contributed by atoms with E-state index < -0.39 is 0 Å². The minimum atomic E-state index is 0.933. The SMILES string of the molecule is Brc1ccc(C2=NN=C(N3CCCC3)SC2)s1. The summed E-state index contributed by atoms with van der Waals surface area (Å²) in [6, 6.07) is 4.16. The molecule has 17 heavy (non-hydrogen) atoms. The lowest BCUT2D eigenvalue weighted by Gasteiger charge is -2.20. The maximum absolute atomic E-state index is 4.37. The Kier molecular flexibility index (Phi) is 3.54. The number of thiophene rings is 1. The quantitative estimate of drug-likeness (QED) is 0.789. The van der Waals surface area contributed by atoms with Crippen LogP contribution in [-0.2, 0) is 0 Å². The van der Waals surface area contributed by atoms with Gasteiger partial charge in [-0.05, 0) is 40.9 Å². The van der Waals surface area contributed by atoms with Gasteiger partial charge in [-0.15, -0.1) is 16.4 Å². The van der Waals surface area contributed by atoms with E-state index >= 15 is 0 Å². The Morgan fingerprint density at radius 3 is 2.59 bits per heavy atom. The molecule has 3 heterocycles. The third-order valence-electron chi connectivity index (χ3n) is 2.83. The second-order valence-electron chi connectivity index (χ2n) is 4.02. The molecule has 3 nitrogen and oxygen atoms in total. The van der Waals surface area contributed by atoms with E-state index in [1.807, 2.05) is 11.8 Å². The number of halogens is 1. The zero-order valence-corrected chi connectivity index (χ0v) is 12.4. The van der Waals surface area contributed by atoms with Crippen molar-refractivity contribution in [2.24, 2.45) is 10.2 Å². The van der Waals surface area contributed by atoms with E-state index in [-0.39, 0.29) is 0 Å². The zero-order chi connectivity index (χ0) is 11.7. The maximum Gasteiger partial charge on any atom is 0.186 e. The van der Waals surface area contributed by atoms with E-state index in [1.54, 1.807) is 11.3 Å². The molecule has 0 saturated carbocycles. The average molecular weight is 330 g/mol. The van der Waals surface area contributed by atoms with E-state index in [9.17, 15) is 0 Å². The third kappa shape index (κ3) is 2.58. The molecular formula is C11H12BrN3S2. The molecule has 3 rings (SSSR count). The van der Waals surface area contributed by atoms with Crippen molar-refractivity contribution in [1.29, 1.82) is 0 Å². The first-order valence-electron chi connectivity index (χ1n) is 5.61. The lowest BCUT2D eigenvalue weighted by Crippen LogP contribution is -2.27. The van der Waals surface area contributed by atoms with Crippen molar-refractivity contribution in [2.75, 3.05) is 18.8 Å². The summed E-state index contributed by atoms with van der Waals surface area (Å²) in [5.74, 6) is 0.933. The smallest absolute Gasteiger partial charge is 0.186 e. The normalized spacial score (nSPS) is 20.4. The monoisotopic (exact) mass is 329 g/mol. The van der Waals surface area contributed by atoms with Crippen LogP contribution in [-0.4, -0.2) is 34.6 Å². The van der Waals surface area contributed by atoms with Gasteiger partial charge < -0.3 is 4.90 Å². The fraction of sp³-hybridized carbons (Fsp3) is 0.455. The lowest BCUT2D eigenvalue weighted by atomic mass is 10.3. The number of amidine groups is 1. The van der Waals surface area contributed by atoms with Crippen LogP contribution in [0, 0.1) is 0 Å². The van der Waals surface area contributed by atoms with Crippen LogP contribution in [0.25, 0.3) is 0 Å². The van der Waals surface area contributed by atoms with Crippen molar-refractivity contribution in [3.63, 3.8) is 0 Å². The van der Waals surface area contributed by atoms with Crippen LogP contribution >= 0.6 is 39.0 Å². The number of nitrogens with zero attached hydrogens (tertiary/aromatic N) is 3. The van der Waals surface area contributed by atoms with Crippen LogP contribution in [0.3, 0.4) is 0 Å². The van der Waals surface area contributed by atoms with E-state index in [2.05, 4.69) is 43.2 Å². The van der Waals surface area contributed by atoms with Crippen molar-refractivity contribution in [2.45, 2.75) is 12.8 Å². The Bertz CT molecular complexity index is 475. The number of likely N-dealkylation sites (tertiary alicyclic amines) is 1. The molecule has 1 aromatic rings. The first-order chi connectivity index (χ1) is 8.33. The van der Waals surface area contributed by atoms with Gasteiger partial charge in [0.05, 0.1) is 14.4 Å². The fourth-order valence-corrected chi connectivity index (χ4v) is 4.35. The molecule has 0 atom stereocenters. The van der Waals surface area contributed by atoms with Crippen molar-refractivity contribution >= 4 is 49.9 Å². The molecule has 1 aromatic heterocycles. The van der Waals surface area contributed by atoms with Gasteiger partial charge in [-0.25, -0.2) is 0 Å². The first kappa shape index (κ1) is 11.7. The Balaban J connectivity index is 1.77. The summed E-state index contributed by atoms with van der Waals surface area (Å²) in [6.45, 7) is 2.28. The van der Waals surface area contributed by atoms with Gasteiger partial charge in [0.25, 0.3) is 0 Å².